The highest BCUT2D eigenvalue weighted by atomic mass is 15.0. The lowest BCUT2D eigenvalue weighted by Crippen LogP contribution is -2.16. The first-order chi connectivity index (χ1) is 7.93. The summed E-state index contributed by atoms with van der Waals surface area (Å²) < 4.78 is 2.39. The quantitative estimate of drug-likeness (QED) is 0.841. The summed E-state index contributed by atoms with van der Waals surface area (Å²) in [6.45, 7) is 3.59. The Morgan fingerprint density at radius 2 is 2.31 bits per heavy atom. The number of aromatic nitrogens is 2. The number of rotatable bonds is 4. The fourth-order valence-corrected chi connectivity index (χ4v) is 2.84. The van der Waals surface area contributed by atoms with Crippen molar-refractivity contribution in [3.05, 3.63) is 18.2 Å². The Balaban J connectivity index is 1.58. The molecular formula is C13H21N3. The van der Waals surface area contributed by atoms with Crippen LogP contribution in [-0.4, -0.2) is 22.6 Å². The Hall–Kier alpha value is -0.830. The van der Waals surface area contributed by atoms with Gasteiger partial charge in [0.05, 0.1) is 6.33 Å². The van der Waals surface area contributed by atoms with Gasteiger partial charge in [-0.1, -0.05) is 6.42 Å². The molecule has 0 spiro atoms. The van der Waals surface area contributed by atoms with Crippen LogP contribution in [0.5, 0.6) is 0 Å². The average Bonchev–Trinajstić information content (AvgIpc) is 2.82. The first-order valence-electron chi connectivity index (χ1n) is 6.64. The highest BCUT2D eigenvalue weighted by Crippen LogP contribution is 2.36. The van der Waals surface area contributed by atoms with Crippen molar-refractivity contribution in [3.8, 4) is 0 Å². The van der Waals surface area contributed by atoms with Crippen LogP contribution >= 0.6 is 0 Å². The van der Waals surface area contributed by atoms with Crippen molar-refractivity contribution in [1.82, 2.24) is 14.9 Å². The van der Waals surface area contributed by atoms with E-state index in [-0.39, 0.29) is 0 Å². The van der Waals surface area contributed by atoms with E-state index in [4.69, 9.17) is 0 Å². The highest BCUT2D eigenvalue weighted by Gasteiger charge is 2.23. The topological polar surface area (TPSA) is 29.9 Å². The largest absolute Gasteiger partial charge is 0.334 e. The van der Waals surface area contributed by atoms with Crippen LogP contribution in [0.1, 0.15) is 43.7 Å². The maximum atomic E-state index is 4.32. The van der Waals surface area contributed by atoms with E-state index in [2.05, 4.69) is 21.1 Å². The lowest BCUT2D eigenvalue weighted by molar-refractivity contribution is 0.386. The summed E-state index contributed by atoms with van der Waals surface area (Å²) in [5.41, 5.74) is 1.48. The molecule has 1 aromatic heterocycles. The lowest BCUT2D eigenvalue weighted by atomic mass is 9.83. The number of nitrogens with zero attached hydrogens (tertiary/aromatic N) is 2. The van der Waals surface area contributed by atoms with Crippen molar-refractivity contribution in [2.24, 2.45) is 5.92 Å². The molecule has 3 rings (SSSR count). The van der Waals surface area contributed by atoms with Crippen LogP contribution in [0.25, 0.3) is 0 Å². The van der Waals surface area contributed by atoms with Crippen molar-refractivity contribution in [2.75, 3.05) is 13.1 Å². The standard InChI is InChI=1S/C13H21N3/c1-2-12(3-1)13-9-15-10-16(13)7-5-11-4-6-14-8-11/h9-12,14H,1-8H2. The Morgan fingerprint density at radius 1 is 1.38 bits per heavy atom. The molecule has 0 radical (unpaired) electrons. The molecule has 1 unspecified atom stereocenters. The molecule has 3 heteroatoms. The molecule has 1 N–H and O–H groups in total. The number of imidazole rings is 1. The Morgan fingerprint density at radius 3 is 3.00 bits per heavy atom. The molecule has 1 saturated carbocycles. The maximum absolute atomic E-state index is 4.32. The second kappa shape index (κ2) is 4.58. The molecule has 2 fully saturated rings. The van der Waals surface area contributed by atoms with Crippen molar-refractivity contribution < 1.29 is 0 Å². The SMILES string of the molecule is c1ncn(CCC2CCNC2)c1C1CCC1. The zero-order chi connectivity index (χ0) is 10.8. The van der Waals surface area contributed by atoms with Gasteiger partial charge in [-0.2, -0.15) is 0 Å². The highest BCUT2D eigenvalue weighted by molar-refractivity contribution is 5.09. The summed E-state index contributed by atoms with van der Waals surface area (Å²) in [4.78, 5) is 4.32. The van der Waals surface area contributed by atoms with Gasteiger partial charge in [0.15, 0.2) is 0 Å². The maximum Gasteiger partial charge on any atom is 0.0948 e. The molecule has 1 aromatic rings. The first kappa shape index (κ1) is 10.3. The smallest absolute Gasteiger partial charge is 0.0948 e. The summed E-state index contributed by atoms with van der Waals surface area (Å²) in [5.74, 6) is 1.70. The molecule has 2 aliphatic rings. The van der Waals surface area contributed by atoms with Crippen LogP contribution in [-0.2, 0) is 6.54 Å². The van der Waals surface area contributed by atoms with Gasteiger partial charge in [0.1, 0.15) is 0 Å². The van der Waals surface area contributed by atoms with Crippen LogP contribution in [0.4, 0.5) is 0 Å². The monoisotopic (exact) mass is 219 g/mol. The van der Waals surface area contributed by atoms with Crippen LogP contribution in [0.3, 0.4) is 0 Å². The predicted octanol–water partition coefficient (Wildman–Crippen LogP) is 2.15. The Labute approximate surface area is 97.3 Å². The molecule has 16 heavy (non-hydrogen) atoms. The van der Waals surface area contributed by atoms with Crippen LogP contribution in [0, 0.1) is 5.92 Å². The number of hydrogen-bond donors (Lipinski definition) is 1. The van der Waals surface area contributed by atoms with Gasteiger partial charge in [-0.25, -0.2) is 4.98 Å². The molecule has 1 saturated heterocycles. The van der Waals surface area contributed by atoms with Gasteiger partial charge in [0, 0.05) is 24.4 Å². The summed E-state index contributed by atoms with van der Waals surface area (Å²) in [6.07, 6.45) is 10.9. The molecule has 0 bridgehead atoms. The number of hydrogen-bond acceptors (Lipinski definition) is 2. The third-order valence-corrected chi connectivity index (χ3v) is 4.21. The normalized spacial score (nSPS) is 25.9. The van der Waals surface area contributed by atoms with Gasteiger partial charge in [0.25, 0.3) is 0 Å². The lowest BCUT2D eigenvalue weighted by Gasteiger charge is -2.26. The Kier molecular flexibility index (Phi) is 2.96. The summed E-state index contributed by atoms with van der Waals surface area (Å²) in [5, 5.41) is 3.44. The molecule has 1 aliphatic heterocycles. The number of aryl methyl sites for hydroxylation is 1. The van der Waals surface area contributed by atoms with Crippen LogP contribution in [0.15, 0.2) is 12.5 Å². The summed E-state index contributed by atoms with van der Waals surface area (Å²) in [6, 6.07) is 0. The van der Waals surface area contributed by atoms with Crippen molar-refractivity contribution in [2.45, 2.75) is 44.6 Å². The molecule has 3 nitrogen and oxygen atoms in total. The van der Waals surface area contributed by atoms with Crippen LogP contribution in [0.2, 0.25) is 0 Å². The molecular weight excluding hydrogens is 198 g/mol. The molecule has 88 valence electrons. The minimum Gasteiger partial charge on any atom is -0.334 e. The zero-order valence-electron chi connectivity index (χ0n) is 9.86. The van der Waals surface area contributed by atoms with Gasteiger partial charge in [-0.15, -0.1) is 0 Å². The van der Waals surface area contributed by atoms with E-state index in [0.29, 0.717) is 0 Å². The van der Waals surface area contributed by atoms with Crippen molar-refractivity contribution in [3.63, 3.8) is 0 Å². The van der Waals surface area contributed by atoms with Gasteiger partial charge < -0.3 is 9.88 Å². The van der Waals surface area contributed by atoms with Crippen molar-refractivity contribution >= 4 is 0 Å². The van der Waals surface area contributed by atoms with Crippen molar-refractivity contribution in [1.29, 1.82) is 0 Å². The molecule has 2 heterocycles. The van der Waals surface area contributed by atoms with E-state index < -0.39 is 0 Å². The second-order valence-corrected chi connectivity index (χ2v) is 5.29. The first-order valence-corrected chi connectivity index (χ1v) is 6.64. The van der Waals surface area contributed by atoms with E-state index in [9.17, 15) is 0 Å². The zero-order valence-corrected chi connectivity index (χ0v) is 9.86. The minimum atomic E-state index is 0.809. The van der Waals surface area contributed by atoms with E-state index in [1.54, 1.807) is 0 Å². The molecule has 0 amide bonds. The van der Waals surface area contributed by atoms with E-state index >= 15 is 0 Å². The fourth-order valence-electron chi connectivity index (χ4n) is 2.84. The average molecular weight is 219 g/mol. The second-order valence-electron chi connectivity index (χ2n) is 5.29. The predicted molar refractivity (Wildman–Crippen MR) is 64.4 cm³/mol. The molecule has 0 aromatic carbocycles. The van der Waals surface area contributed by atoms with E-state index in [1.165, 1.54) is 50.9 Å². The number of nitrogens with one attached hydrogen (secondary N) is 1. The third-order valence-electron chi connectivity index (χ3n) is 4.21. The van der Waals surface area contributed by atoms with Gasteiger partial charge in [0.2, 0.25) is 0 Å². The van der Waals surface area contributed by atoms with E-state index in [0.717, 1.165) is 18.4 Å². The van der Waals surface area contributed by atoms with Gasteiger partial charge in [-0.05, 0) is 44.7 Å². The molecule has 1 atom stereocenters. The summed E-state index contributed by atoms with van der Waals surface area (Å²) >= 11 is 0. The van der Waals surface area contributed by atoms with Gasteiger partial charge >= 0.3 is 0 Å². The fraction of sp³-hybridized carbons (Fsp3) is 0.769. The Bertz CT molecular complexity index is 335. The van der Waals surface area contributed by atoms with Gasteiger partial charge in [-0.3, -0.25) is 0 Å². The third kappa shape index (κ3) is 2.01. The summed E-state index contributed by atoms with van der Waals surface area (Å²) in [7, 11) is 0. The molecule has 1 aliphatic carbocycles. The van der Waals surface area contributed by atoms with E-state index in [1.807, 2.05) is 6.33 Å². The van der Waals surface area contributed by atoms with Crippen LogP contribution < -0.4 is 5.32 Å². The minimum absolute atomic E-state index is 0.809.